The molecule has 1 fully saturated rings. The third-order valence-corrected chi connectivity index (χ3v) is 5.03. The third kappa shape index (κ3) is 3.94. The highest BCUT2D eigenvalue weighted by Gasteiger charge is 2.22. The minimum Gasteiger partial charge on any atom is -0.325 e. The van der Waals surface area contributed by atoms with Gasteiger partial charge in [-0.2, -0.15) is 0 Å². The molecule has 2 rings (SSSR count). The molecule has 7 heteroatoms. The van der Waals surface area contributed by atoms with Gasteiger partial charge in [-0.05, 0) is 37.1 Å². The van der Waals surface area contributed by atoms with Gasteiger partial charge >= 0.3 is 0 Å². The molecule has 0 aliphatic heterocycles. The summed E-state index contributed by atoms with van der Waals surface area (Å²) < 4.78 is 27.0. The van der Waals surface area contributed by atoms with Crippen LogP contribution in [0.2, 0.25) is 0 Å². The quantitative estimate of drug-likeness (QED) is 0.817. The molecule has 20 heavy (non-hydrogen) atoms. The molecule has 0 saturated heterocycles. The maximum atomic E-state index is 12.2. The van der Waals surface area contributed by atoms with Gasteiger partial charge < -0.3 is 5.32 Å². The molecular formula is C13H17ClN2O3S. The molecule has 1 aromatic carbocycles. The summed E-state index contributed by atoms with van der Waals surface area (Å²) in [7, 11) is -3.48. The van der Waals surface area contributed by atoms with Crippen LogP contribution in [0.4, 0.5) is 5.69 Å². The molecule has 1 aliphatic carbocycles. The predicted molar refractivity (Wildman–Crippen MR) is 78.4 cm³/mol. The highest BCUT2D eigenvalue weighted by Crippen LogP contribution is 2.21. The van der Waals surface area contributed by atoms with Crippen LogP contribution in [0.3, 0.4) is 0 Å². The van der Waals surface area contributed by atoms with Crippen LogP contribution < -0.4 is 10.0 Å². The second-order valence-electron chi connectivity index (χ2n) is 4.81. The molecule has 1 amide bonds. The average Bonchev–Trinajstić information content (AvgIpc) is 2.91. The lowest BCUT2D eigenvalue weighted by atomic mass is 10.3. The van der Waals surface area contributed by atoms with E-state index in [1.54, 1.807) is 12.1 Å². The van der Waals surface area contributed by atoms with Gasteiger partial charge in [0.15, 0.2) is 0 Å². The van der Waals surface area contributed by atoms with Gasteiger partial charge in [0.2, 0.25) is 15.9 Å². The van der Waals surface area contributed by atoms with Gasteiger partial charge in [-0.15, -0.1) is 11.6 Å². The molecule has 2 N–H and O–H groups in total. The minimum absolute atomic E-state index is 0.0376. The number of sulfonamides is 1. The van der Waals surface area contributed by atoms with E-state index in [4.69, 9.17) is 11.6 Å². The lowest BCUT2D eigenvalue weighted by molar-refractivity contribution is -0.113. The number of benzene rings is 1. The van der Waals surface area contributed by atoms with Crippen molar-refractivity contribution in [3.05, 3.63) is 24.3 Å². The summed E-state index contributed by atoms with van der Waals surface area (Å²) >= 11 is 5.38. The van der Waals surface area contributed by atoms with E-state index in [0.717, 1.165) is 25.7 Å². The standard InChI is InChI=1S/C13H17ClN2O3S/c14-9-13(17)15-10-5-7-12(8-6-10)20(18,19)16-11-3-1-2-4-11/h5-8,11,16H,1-4,9H2,(H,15,17). The van der Waals surface area contributed by atoms with Crippen LogP contribution in [0.15, 0.2) is 29.2 Å². The first kappa shape index (κ1) is 15.3. The normalized spacial score (nSPS) is 16.2. The minimum atomic E-state index is -3.48. The highest BCUT2D eigenvalue weighted by molar-refractivity contribution is 7.89. The van der Waals surface area contributed by atoms with Crippen molar-refractivity contribution in [2.24, 2.45) is 0 Å². The molecule has 0 bridgehead atoms. The van der Waals surface area contributed by atoms with E-state index < -0.39 is 10.0 Å². The molecule has 0 aromatic heterocycles. The number of hydrogen-bond donors (Lipinski definition) is 2. The van der Waals surface area contributed by atoms with Crippen molar-refractivity contribution in [3.63, 3.8) is 0 Å². The first-order valence-electron chi connectivity index (χ1n) is 6.49. The van der Waals surface area contributed by atoms with Crippen molar-refractivity contribution in [2.45, 2.75) is 36.6 Å². The Balaban J connectivity index is 2.06. The molecule has 0 spiro atoms. The Bertz CT molecular complexity index is 566. The second kappa shape index (κ2) is 6.56. The Labute approximate surface area is 123 Å². The number of hydrogen-bond acceptors (Lipinski definition) is 3. The van der Waals surface area contributed by atoms with Crippen LogP contribution >= 0.6 is 11.6 Å². The van der Waals surface area contributed by atoms with Crippen LogP contribution in [0.25, 0.3) is 0 Å². The summed E-state index contributed by atoms with van der Waals surface area (Å²) in [6, 6.07) is 6.08. The molecule has 0 atom stereocenters. The molecule has 0 heterocycles. The largest absolute Gasteiger partial charge is 0.325 e. The third-order valence-electron chi connectivity index (χ3n) is 3.25. The summed E-state index contributed by atoms with van der Waals surface area (Å²) in [6.07, 6.45) is 3.92. The molecule has 110 valence electrons. The van der Waals surface area contributed by atoms with E-state index in [-0.39, 0.29) is 22.7 Å². The Kier molecular flexibility index (Phi) is 5.01. The lowest BCUT2D eigenvalue weighted by Gasteiger charge is -2.12. The number of rotatable bonds is 5. The molecule has 1 aliphatic rings. The van der Waals surface area contributed by atoms with Crippen LogP contribution in [-0.2, 0) is 14.8 Å². The van der Waals surface area contributed by atoms with Crippen LogP contribution in [-0.4, -0.2) is 26.2 Å². The molecule has 0 unspecified atom stereocenters. The average molecular weight is 317 g/mol. The van der Waals surface area contributed by atoms with Gasteiger partial charge in [0.05, 0.1) is 4.90 Å². The van der Waals surface area contributed by atoms with Crippen molar-refractivity contribution in [1.29, 1.82) is 0 Å². The van der Waals surface area contributed by atoms with Crippen molar-refractivity contribution < 1.29 is 13.2 Å². The van der Waals surface area contributed by atoms with Crippen molar-refractivity contribution >= 4 is 33.2 Å². The van der Waals surface area contributed by atoms with Gasteiger partial charge in [-0.3, -0.25) is 4.79 Å². The van der Waals surface area contributed by atoms with E-state index in [0.29, 0.717) is 5.69 Å². The first-order chi connectivity index (χ1) is 9.51. The fourth-order valence-corrected chi connectivity index (χ4v) is 3.61. The Hall–Kier alpha value is -1.11. The zero-order valence-corrected chi connectivity index (χ0v) is 12.5. The Morgan fingerprint density at radius 3 is 2.35 bits per heavy atom. The van der Waals surface area contributed by atoms with Gasteiger partial charge in [-0.25, -0.2) is 13.1 Å². The van der Waals surface area contributed by atoms with E-state index in [2.05, 4.69) is 10.0 Å². The number of halogens is 1. The van der Waals surface area contributed by atoms with Crippen LogP contribution in [0, 0.1) is 0 Å². The smallest absolute Gasteiger partial charge is 0.240 e. The first-order valence-corrected chi connectivity index (χ1v) is 8.51. The Morgan fingerprint density at radius 1 is 1.20 bits per heavy atom. The second-order valence-corrected chi connectivity index (χ2v) is 6.79. The van der Waals surface area contributed by atoms with Crippen molar-refractivity contribution in [3.8, 4) is 0 Å². The number of carbonyl (C=O) groups excluding carboxylic acids is 1. The van der Waals surface area contributed by atoms with Crippen molar-refractivity contribution in [1.82, 2.24) is 4.72 Å². The van der Waals surface area contributed by atoms with Gasteiger partial charge in [0, 0.05) is 11.7 Å². The van der Waals surface area contributed by atoms with E-state index >= 15 is 0 Å². The van der Waals surface area contributed by atoms with Gasteiger partial charge in [0.25, 0.3) is 0 Å². The monoisotopic (exact) mass is 316 g/mol. The van der Waals surface area contributed by atoms with Gasteiger partial charge in [-0.1, -0.05) is 12.8 Å². The highest BCUT2D eigenvalue weighted by atomic mass is 35.5. The SMILES string of the molecule is O=C(CCl)Nc1ccc(S(=O)(=O)NC2CCCC2)cc1. The lowest BCUT2D eigenvalue weighted by Crippen LogP contribution is -2.32. The number of nitrogens with one attached hydrogen (secondary N) is 2. The number of amides is 1. The summed E-state index contributed by atoms with van der Waals surface area (Å²) in [5.74, 6) is -0.463. The molecular weight excluding hydrogens is 300 g/mol. The van der Waals surface area contributed by atoms with E-state index in [1.807, 2.05) is 0 Å². The van der Waals surface area contributed by atoms with Crippen LogP contribution in [0.1, 0.15) is 25.7 Å². The molecule has 0 radical (unpaired) electrons. The van der Waals surface area contributed by atoms with Crippen molar-refractivity contribution in [2.75, 3.05) is 11.2 Å². The molecule has 5 nitrogen and oxygen atoms in total. The Morgan fingerprint density at radius 2 is 1.80 bits per heavy atom. The maximum Gasteiger partial charge on any atom is 0.240 e. The summed E-state index contributed by atoms with van der Waals surface area (Å²) in [4.78, 5) is 11.3. The van der Waals surface area contributed by atoms with Crippen LogP contribution in [0.5, 0.6) is 0 Å². The summed E-state index contributed by atoms with van der Waals surface area (Å²) in [6.45, 7) is 0. The number of anilines is 1. The zero-order chi connectivity index (χ0) is 14.6. The van der Waals surface area contributed by atoms with E-state index in [1.165, 1.54) is 12.1 Å². The predicted octanol–water partition coefficient (Wildman–Crippen LogP) is 2.08. The van der Waals surface area contributed by atoms with E-state index in [9.17, 15) is 13.2 Å². The number of alkyl halides is 1. The maximum absolute atomic E-state index is 12.2. The topological polar surface area (TPSA) is 75.3 Å². The zero-order valence-electron chi connectivity index (χ0n) is 10.9. The fourth-order valence-electron chi connectivity index (χ4n) is 2.24. The summed E-state index contributed by atoms with van der Waals surface area (Å²) in [5.41, 5.74) is 0.524. The van der Waals surface area contributed by atoms with Gasteiger partial charge in [0.1, 0.15) is 5.88 Å². The summed E-state index contributed by atoms with van der Waals surface area (Å²) in [5, 5.41) is 2.56. The molecule has 1 aromatic rings. The fraction of sp³-hybridized carbons (Fsp3) is 0.462. The number of carbonyl (C=O) groups is 1. The molecule has 1 saturated carbocycles.